The van der Waals surface area contributed by atoms with Gasteiger partial charge in [0.2, 0.25) is 0 Å². The molecule has 1 heterocycles. The van der Waals surface area contributed by atoms with Gasteiger partial charge in [-0.2, -0.15) is 0 Å². The highest BCUT2D eigenvalue weighted by Gasteiger charge is 2.19. The molecule has 4 rings (SSSR count). The summed E-state index contributed by atoms with van der Waals surface area (Å²) in [6.07, 6.45) is 5.36. The maximum absolute atomic E-state index is 13.0. The van der Waals surface area contributed by atoms with Gasteiger partial charge in [-0.25, -0.2) is 0 Å². The van der Waals surface area contributed by atoms with Crippen molar-refractivity contribution in [2.24, 2.45) is 7.05 Å². The van der Waals surface area contributed by atoms with E-state index in [2.05, 4.69) is 10.6 Å². The van der Waals surface area contributed by atoms with Gasteiger partial charge in [-0.15, -0.1) is 0 Å². The van der Waals surface area contributed by atoms with Crippen LogP contribution in [0.2, 0.25) is 5.02 Å². The van der Waals surface area contributed by atoms with Crippen molar-refractivity contribution < 1.29 is 9.59 Å². The first-order chi connectivity index (χ1) is 14.9. The minimum atomic E-state index is -0.421. The van der Waals surface area contributed by atoms with Crippen molar-refractivity contribution in [3.05, 3.63) is 75.0 Å². The number of benzene rings is 2. The lowest BCUT2D eigenvalue weighted by Gasteiger charge is -2.23. The molecule has 160 valence electrons. The second kappa shape index (κ2) is 8.94. The van der Waals surface area contributed by atoms with Crippen molar-refractivity contribution in [3.63, 3.8) is 0 Å². The van der Waals surface area contributed by atoms with Gasteiger partial charge in [-0.1, -0.05) is 49.1 Å². The fourth-order valence-corrected chi connectivity index (χ4v) is 4.29. The lowest BCUT2D eigenvalue weighted by atomic mass is 9.95. The summed E-state index contributed by atoms with van der Waals surface area (Å²) in [5.41, 5.74) is 1.44. The zero-order chi connectivity index (χ0) is 22.0. The number of nitrogens with one attached hydrogen (secondary N) is 2. The number of aromatic nitrogens is 1. The topological polar surface area (TPSA) is 80.2 Å². The van der Waals surface area contributed by atoms with Gasteiger partial charge in [0, 0.05) is 30.2 Å². The first-order valence-electron chi connectivity index (χ1n) is 10.4. The first-order valence-corrected chi connectivity index (χ1v) is 10.8. The smallest absolute Gasteiger partial charge is 0.256 e. The molecule has 0 atom stereocenters. The Balaban J connectivity index is 1.59. The van der Waals surface area contributed by atoms with Crippen LogP contribution in [0.4, 0.5) is 5.69 Å². The van der Waals surface area contributed by atoms with Crippen LogP contribution in [0.1, 0.15) is 52.8 Å². The number of hydrogen-bond donors (Lipinski definition) is 2. The summed E-state index contributed by atoms with van der Waals surface area (Å²) in [6, 6.07) is 13.5. The van der Waals surface area contributed by atoms with E-state index >= 15 is 0 Å². The first kappa shape index (κ1) is 21.1. The highest BCUT2D eigenvalue weighted by molar-refractivity contribution is 6.34. The molecule has 31 heavy (non-hydrogen) atoms. The number of rotatable bonds is 4. The van der Waals surface area contributed by atoms with Crippen LogP contribution in [-0.4, -0.2) is 22.4 Å². The van der Waals surface area contributed by atoms with Gasteiger partial charge in [0.1, 0.15) is 0 Å². The highest BCUT2D eigenvalue weighted by Crippen LogP contribution is 2.24. The third kappa shape index (κ3) is 4.49. The van der Waals surface area contributed by atoms with Crippen LogP contribution in [0.3, 0.4) is 0 Å². The predicted octanol–water partition coefficient (Wildman–Crippen LogP) is 4.51. The molecule has 1 aromatic heterocycles. The highest BCUT2D eigenvalue weighted by atomic mass is 35.5. The van der Waals surface area contributed by atoms with E-state index < -0.39 is 5.91 Å². The zero-order valence-electron chi connectivity index (χ0n) is 17.3. The molecular formula is C24H24ClN3O3. The number of carbonyl (C=O) groups excluding carboxylic acids is 2. The lowest BCUT2D eigenvalue weighted by molar-refractivity contribution is 0.0926. The second-order valence-electron chi connectivity index (χ2n) is 7.93. The van der Waals surface area contributed by atoms with E-state index in [0.29, 0.717) is 27.2 Å². The molecule has 2 N–H and O–H groups in total. The average Bonchev–Trinajstić information content (AvgIpc) is 2.78. The molecule has 7 heteroatoms. The van der Waals surface area contributed by atoms with Gasteiger partial charge in [0.25, 0.3) is 17.4 Å². The number of halogens is 1. The Labute approximate surface area is 185 Å². The fraction of sp³-hybridized carbons (Fsp3) is 0.292. The normalized spacial score (nSPS) is 14.4. The molecular weight excluding hydrogens is 414 g/mol. The van der Waals surface area contributed by atoms with Crippen LogP contribution in [0.5, 0.6) is 0 Å². The maximum Gasteiger partial charge on any atom is 0.256 e. The minimum absolute atomic E-state index is 0.155. The van der Waals surface area contributed by atoms with Gasteiger partial charge < -0.3 is 15.2 Å². The van der Waals surface area contributed by atoms with E-state index in [1.54, 1.807) is 37.4 Å². The molecule has 0 unspecified atom stereocenters. The number of amides is 2. The molecule has 6 nitrogen and oxygen atoms in total. The third-order valence-electron chi connectivity index (χ3n) is 5.81. The largest absolute Gasteiger partial charge is 0.349 e. The van der Waals surface area contributed by atoms with E-state index in [1.807, 2.05) is 12.1 Å². The van der Waals surface area contributed by atoms with E-state index in [-0.39, 0.29) is 23.1 Å². The Morgan fingerprint density at radius 3 is 2.48 bits per heavy atom. The summed E-state index contributed by atoms with van der Waals surface area (Å²) in [5.74, 6) is -0.665. The summed E-state index contributed by atoms with van der Waals surface area (Å²) in [4.78, 5) is 38.0. The molecule has 3 aromatic rings. The number of hydrogen-bond acceptors (Lipinski definition) is 3. The van der Waals surface area contributed by atoms with Gasteiger partial charge >= 0.3 is 0 Å². The summed E-state index contributed by atoms with van der Waals surface area (Å²) < 4.78 is 1.50. The van der Waals surface area contributed by atoms with E-state index in [4.69, 9.17) is 11.6 Å². The van der Waals surface area contributed by atoms with Crippen LogP contribution in [0.15, 0.2) is 53.3 Å². The van der Waals surface area contributed by atoms with Gasteiger partial charge in [0.15, 0.2) is 0 Å². The summed E-state index contributed by atoms with van der Waals surface area (Å²) >= 11 is 6.26. The minimum Gasteiger partial charge on any atom is -0.349 e. The molecule has 2 aromatic carbocycles. The zero-order valence-corrected chi connectivity index (χ0v) is 18.0. The molecule has 0 spiro atoms. The second-order valence-corrected chi connectivity index (χ2v) is 8.34. The summed E-state index contributed by atoms with van der Waals surface area (Å²) in [5, 5.41) is 6.84. The number of carbonyl (C=O) groups is 2. The maximum atomic E-state index is 13.0. The molecule has 0 aliphatic heterocycles. The Morgan fingerprint density at radius 1 is 0.968 bits per heavy atom. The quantitative estimate of drug-likeness (QED) is 0.630. The standard InChI is InChI=1S/C24H24ClN3O3/c1-28-21-10-6-5-9-17(21)18(14-22(28)29)23(30)27-16-11-12-20(25)19(13-16)24(31)26-15-7-3-2-4-8-15/h5-6,9-15H,2-4,7-8H2,1H3,(H,26,31)(H,27,30). The SMILES string of the molecule is Cn1c(=O)cc(C(=O)Nc2ccc(Cl)c(C(=O)NC3CCCCC3)c2)c2ccccc21. The predicted molar refractivity (Wildman–Crippen MR) is 123 cm³/mol. The van der Waals surface area contributed by atoms with Gasteiger partial charge in [0.05, 0.1) is 21.7 Å². The number of nitrogens with zero attached hydrogens (tertiary/aromatic N) is 1. The number of aryl methyl sites for hydroxylation is 1. The van der Waals surface area contributed by atoms with Crippen molar-refractivity contribution in [1.29, 1.82) is 0 Å². The van der Waals surface area contributed by atoms with Crippen molar-refractivity contribution in [1.82, 2.24) is 9.88 Å². The Kier molecular flexibility index (Phi) is 6.09. The van der Waals surface area contributed by atoms with Crippen molar-refractivity contribution in [3.8, 4) is 0 Å². The fourth-order valence-electron chi connectivity index (χ4n) is 4.08. The van der Waals surface area contributed by atoms with E-state index in [9.17, 15) is 14.4 Å². The van der Waals surface area contributed by atoms with E-state index in [1.165, 1.54) is 17.1 Å². The number of anilines is 1. The molecule has 1 fully saturated rings. The average molecular weight is 438 g/mol. The third-order valence-corrected chi connectivity index (χ3v) is 6.14. The van der Waals surface area contributed by atoms with Crippen molar-refractivity contribution in [2.45, 2.75) is 38.1 Å². The molecule has 0 radical (unpaired) electrons. The molecule has 0 bridgehead atoms. The molecule has 2 amide bonds. The van der Waals surface area contributed by atoms with Crippen molar-refractivity contribution >= 4 is 40.0 Å². The molecule has 1 aliphatic rings. The van der Waals surface area contributed by atoms with Gasteiger partial charge in [-0.05, 0) is 37.1 Å². The van der Waals surface area contributed by atoms with Crippen LogP contribution in [0.25, 0.3) is 10.9 Å². The molecule has 1 aliphatic carbocycles. The Bertz CT molecular complexity index is 1210. The number of para-hydroxylation sites is 1. The monoisotopic (exact) mass is 437 g/mol. The van der Waals surface area contributed by atoms with Crippen LogP contribution in [0, 0.1) is 0 Å². The number of fused-ring (bicyclic) bond motifs is 1. The summed E-state index contributed by atoms with van der Waals surface area (Å²) in [7, 11) is 1.67. The Hall–Kier alpha value is -3.12. The van der Waals surface area contributed by atoms with Gasteiger partial charge in [-0.3, -0.25) is 14.4 Å². The number of pyridine rings is 1. The van der Waals surface area contributed by atoms with E-state index in [0.717, 1.165) is 25.7 Å². The lowest BCUT2D eigenvalue weighted by Crippen LogP contribution is -2.36. The molecule has 0 saturated heterocycles. The Morgan fingerprint density at radius 2 is 1.71 bits per heavy atom. The van der Waals surface area contributed by atoms with Crippen LogP contribution in [-0.2, 0) is 7.05 Å². The van der Waals surface area contributed by atoms with Crippen LogP contribution >= 0.6 is 11.6 Å². The summed E-state index contributed by atoms with van der Waals surface area (Å²) in [6.45, 7) is 0. The van der Waals surface area contributed by atoms with Crippen molar-refractivity contribution in [2.75, 3.05) is 5.32 Å². The van der Waals surface area contributed by atoms with Crippen LogP contribution < -0.4 is 16.2 Å². The molecule has 1 saturated carbocycles.